The summed E-state index contributed by atoms with van der Waals surface area (Å²) in [5.74, 6) is -1.69. The van der Waals surface area contributed by atoms with Crippen LogP contribution in [0.15, 0.2) is 36.4 Å². The summed E-state index contributed by atoms with van der Waals surface area (Å²) in [5, 5.41) is 0. The first kappa shape index (κ1) is 13.4. The Hall–Kier alpha value is -2.63. The Morgan fingerprint density at radius 3 is 2.57 bits per heavy atom. The van der Waals surface area contributed by atoms with Crippen LogP contribution in [0.2, 0.25) is 0 Å². The molecular formula is C15H10F2O4. The SMILES string of the molecule is O=C(COc1c(F)cccc1F)c1ccc2c(c1)OCO2. The van der Waals surface area contributed by atoms with Gasteiger partial charge >= 0.3 is 0 Å². The van der Waals surface area contributed by atoms with E-state index in [2.05, 4.69) is 0 Å². The predicted molar refractivity (Wildman–Crippen MR) is 68.7 cm³/mol. The van der Waals surface area contributed by atoms with E-state index in [-0.39, 0.29) is 6.79 Å². The molecule has 0 bridgehead atoms. The number of ether oxygens (including phenoxy) is 3. The van der Waals surface area contributed by atoms with Crippen LogP contribution in [0.4, 0.5) is 8.78 Å². The molecule has 108 valence electrons. The first-order valence-corrected chi connectivity index (χ1v) is 6.15. The minimum absolute atomic E-state index is 0.101. The summed E-state index contributed by atoms with van der Waals surface area (Å²) in [7, 11) is 0. The van der Waals surface area contributed by atoms with Crippen LogP contribution in [-0.2, 0) is 0 Å². The molecule has 1 heterocycles. The van der Waals surface area contributed by atoms with Gasteiger partial charge in [0.2, 0.25) is 6.79 Å². The number of ketones is 1. The monoisotopic (exact) mass is 292 g/mol. The van der Waals surface area contributed by atoms with Gasteiger partial charge in [-0.3, -0.25) is 4.79 Å². The van der Waals surface area contributed by atoms with E-state index in [0.717, 1.165) is 12.1 Å². The maximum Gasteiger partial charge on any atom is 0.231 e. The summed E-state index contributed by atoms with van der Waals surface area (Å²) < 4.78 is 42.0. The maximum atomic E-state index is 13.4. The van der Waals surface area contributed by atoms with E-state index in [0.29, 0.717) is 17.1 Å². The fourth-order valence-corrected chi connectivity index (χ4v) is 1.91. The third-order valence-corrected chi connectivity index (χ3v) is 2.96. The molecule has 0 fully saturated rings. The van der Waals surface area contributed by atoms with Crippen molar-refractivity contribution in [3.63, 3.8) is 0 Å². The van der Waals surface area contributed by atoms with Gasteiger partial charge in [0, 0.05) is 5.56 Å². The van der Waals surface area contributed by atoms with Gasteiger partial charge in [0.25, 0.3) is 0 Å². The standard InChI is InChI=1S/C15H10F2O4/c16-10-2-1-3-11(17)15(10)19-7-12(18)9-4-5-13-14(6-9)21-8-20-13/h1-6H,7-8H2. The molecule has 0 saturated heterocycles. The molecule has 0 aromatic heterocycles. The van der Waals surface area contributed by atoms with Crippen LogP contribution in [0.25, 0.3) is 0 Å². The molecule has 2 aromatic carbocycles. The largest absolute Gasteiger partial charge is 0.479 e. The molecule has 0 radical (unpaired) electrons. The molecule has 0 aliphatic carbocycles. The molecule has 0 spiro atoms. The quantitative estimate of drug-likeness (QED) is 0.813. The highest BCUT2D eigenvalue weighted by Gasteiger charge is 2.17. The van der Waals surface area contributed by atoms with Crippen molar-refractivity contribution in [2.75, 3.05) is 13.4 Å². The van der Waals surface area contributed by atoms with Crippen LogP contribution in [0.5, 0.6) is 17.2 Å². The Bertz CT molecular complexity index is 680. The van der Waals surface area contributed by atoms with E-state index >= 15 is 0 Å². The molecule has 0 unspecified atom stereocenters. The van der Waals surface area contributed by atoms with Crippen LogP contribution < -0.4 is 14.2 Å². The number of fused-ring (bicyclic) bond motifs is 1. The van der Waals surface area contributed by atoms with Gasteiger partial charge in [0.05, 0.1) is 0 Å². The van der Waals surface area contributed by atoms with Crippen LogP contribution >= 0.6 is 0 Å². The second-order valence-corrected chi connectivity index (χ2v) is 4.33. The highest BCUT2D eigenvalue weighted by Crippen LogP contribution is 2.32. The number of halogens is 2. The number of carbonyl (C=O) groups is 1. The minimum Gasteiger partial charge on any atom is -0.479 e. The number of carbonyl (C=O) groups excluding carboxylic acids is 1. The molecule has 3 rings (SSSR count). The summed E-state index contributed by atoms with van der Waals surface area (Å²) in [4.78, 5) is 12.0. The second-order valence-electron chi connectivity index (χ2n) is 4.33. The lowest BCUT2D eigenvalue weighted by molar-refractivity contribution is 0.0915. The Morgan fingerprint density at radius 2 is 1.81 bits per heavy atom. The fourth-order valence-electron chi connectivity index (χ4n) is 1.91. The van der Waals surface area contributed by atoms with Gasteiger partial charge in [-0.05, 0) is 30.3 Å². The zero-order chi connectivity index (χ0) is 14.8. The van der Waals surface area contributed by atoms with Crippen molar-refractivity contribution in [1.82, 2.24) is 0 Å². The van der Waals surface area contributed by atoms with E-state index in [4.69, 9.17) is 14.2 Å². The molecule has 2 aromatic rings. The second kappa shape index (κ2) is 5.40. The van der Waals surface area contributed by atoms with Crippen molar-refractivity contribution in [2.24, 2.45) is 0 Å². The number of para-hydroxylation sites is 1. The number of hydrogen-bond acceptors (Lipinski definition) is 4. The Labute approximate surface area is 118 Å². The predicted octanol–water partition coefficient (Wildman–Crippen LogP) is 2.96. The Balaban J connectivity index is 1.72. The van der Waals surface area contributed by atoms with Gasteiger partial charge in [-0.15, -0.1) is 0 Å². The Morgan fingerprint density at radius 1 is 1.10 bits per heavy atom. The molecule has 0 amide bonds. The summed E-state index contributed by atoms with van der Waals surface area (Å²) in [6, 6.07) is 7.98. The summed E-state index contributed by atoms with van der Waals surface area (Å²) in [6.45, 7) is -0.374. The Kier molecular flexibility index (Phi) is 3.43. The van der Waals surface area contributed by atoms with Crippen molar-refractivity contribution in [3.8, 4) is 17.2 Å². The zero-order valence-corrected chi connectivity index (χ0v) is 10.8. The average molecular weight is 292 g/mol. The zero-order valence-electron chi connectivity index (χ0n) is 10.8. The molecule has 1 aliphatic heterocycles. The number of Topliss-reactive ketones (excluding diaryl/α,β-unsaturated/α-hetero) is 1. The third kappa shape index (κ3) is 2.65. The summed E-state index contributed by atoms with van der Waals surface area (Å²) in [6.07, 6.45) is 0. The van der Waals surface area contributed by atoms with Crippen molar-refractivity contribution < 1.29 is 27.8 Å². The lowest BCUT2D eigenvalue weighted by Gasteiger charge is -2.07. The molecular weight excluding hydrogens is 282 g/mol. The van der Waals surface area contributed by atoms with E-state index < -0.39 is 29.8 Å². The lowest BCUT2D eigenvalue weighted by Crippen LogP contribution is -2.13. The van der Waals surface area contributed by atoms with Gasteiger partial charge in [0.15, 0.2) is 41.3 Å². The van der Waals surface area contributed by atoms with Crippen LogP contribution in [0, 0.1) is 11.6 Å². The number of benzene rings is 2. The first-order chi connectivity index (χ1) is 10.1. The van der Waals surface area contributed by atoms with Crippen LogP contribution in [-0.4, -0.2) is 19.2 Å². The van der Waals surface area contributed by atoms with Crippen molar-refractivity contribution in [3.05, 3.63) is 53.6 Å². The van der Waals surface area contributed by atoms with Crippen LogP contribution in [0.1, 0.15) is 10.4 Å². The fraction of sp³-hybridized carbons (Fsp3) is 0.133. The van der Waals surface area contributed by atoms with E-state index in [1.54, 1.807) is 6.07 Å². The van der Waals surface area contributed by atoms with E-state index in [1.807, 2.05) is 0 Å². The lowest BCUT2D eigenvalue weighted by atomic mass is 10.1. The van der Waals surface area contributed by atoms with Gasteiger partial charge in [0.1, 0.15) is 0 Å². The van der Waals surface area contributed by atoms with Crippen LogP contribution in [0.3, 0.4) is 0 Å². The summed E-state index contributed by atoms with van der Waals surface area (Å²) >= 11 is 0. The van der Waals surface area contributed by atoms with Gasteiger partial charge in [-0.1, -0.05) is 6.07 Å². The van der Waals surface area contributed by atoms with Gasteiger partial charge in [-0.25, -0.2) is 8.78 Å². The normalized spacial score (nSPS) is 12.3. The van der Waals surface area contributed by atoms with E-state index in [9.17, 15) is 13.6 Å². The third-order valence-electron chi connectivity index (χ3n) is 2.96. The van der Waals surface area contributed by atoms with Crippen molar-refractivity contribution in [2.45, 2.75) is 0 Å². The van der Waals surface area contributed by atoms with E-state index in [1.165, 1.54) is 18.2 Å². The molecule has 0 saturated carbocycles. The minimum atomic E-state index is -0.853. The molecule has 4 nitrogen and oxygen atoms in total. The van der Waals surface area contributed by atoms with Gasteiger partial charge < -0.3 is 14.2 Å². The molecule has 0 atom stereocenters. The smallest absolute Gasteiger partial charge is 0.231 e. The summed E-state index contributed by atoms with van der Waals surface area (Å²) in [5.41, 5.74) is 0.316. The first-order valence-electron chi connectivity index (χ1n) is 6.15. The number of hydrogen-bond donors (Lipinski definition) is 0. The van der Waals surface area contributed by atoms with Gasteiger partial charge in [-0.2, -0.15) is 0 Å². The molecule has 1 aliphatic rings. The highest BCUT2D eigenvalue weighted by atomic mass is 19.1. The van der Waals surface area contributed by atoms with Crippen molar-refractivity contribution in [1.29, 1.82) is 0 Å². The maximum absolute atomic E-state index is 13.4. The van der Waals surface area contributed by atoms with Crippen molar-refractivity contribution >= 4 is 5.78 Å². The molecule has 6 heteroatoms. The highest BCUT2D eigenvalue weighted by molar-refractivity contribution is 5.97. The topological polar surface area (TPSA) is 44.8 Å². The average Bonchev–Trinajstić information content (AvgIpc) is 2.93. The molecule has 21 heavy (non-hydrogen) atoms. The number of rotatable bonds is 4. The molecule has 0 N–H and O–H groups in total.